The SMILES string of the molecule is NC(CCC1CCCCO1)Cc1cncs1. The molecule has 3 nitrogen and oxygen atoms in total. The first-order valence-corrected chi connectivity index (χ1v) is 6.97. The van der Waals surface area contributed by atoms with E-state index >= 15 is 0 Å². The molecule has 0 aromatic carbocycles. The first-order chi connectivity index (χ1) is 7.84. The molecule has 4 heteroatoms. The van der Waals surface area contributed by atoms with Crippen molar-refractivity contribution in [3.8, 4) is 0 Å². The number of nitrogens with zero attached hydrogens (tertiary/aromatic N) is 1. The van der Waals surface area contributed by atoms with E-state index in [1.54, 1.807) is 11.3 Å². The second-order valence-corrected chi connectivity index (χ2v) is 5.47. The van der Waals surface area contributed by atoms with Gasteiger partial charge in [-0.25, -0.2) is 0 Å². The fourth-order valence-corrected chi connectivity index (χ4v) is 2.83. The van der Waals surface area contributed by atoms with E-state index in [0.29, 0.717) is 6.10 Å². The van der Waals surface area contributed by atoms with Crippen LogP contribution in [0.4, 0.5) is 0 Å². The van der Waals surface area contributed by atoms with Crippen LogP contribution in [-0.4, -0.2) is 23.7 Å². The molecule has 0 spiro atoms. The maximum atomic E-state index is 6.11. The molecule has 1 fully saturated rings. The van der Waals surface area contributed by atoms with E-state index in [2.05, 4.69) is 4.98 Å². The van der Waals surface area contributed by atoms with Gasteiger partial charge in [0.25, 0.3) is 0 Å². The third kappa shape index (κ3) is 3.85. The summed E-state index contributed by atoms with van der Waals surface area (Å²) in [4.78, 5) is 5.35. The quantitative estimate of drug-likeness (QED) is 0.859. The summed E-state index contributed by atoms with van der Waals surface area (Å²) in [5, 5.41) is 0. The molecule has 1 saturated heterocycles. The summed E-state index contributed by atoms with van der Waals surface area (Å²) in [5.74, 6) is 0. The van der Waals surface area contributed by atoms with Gasteiger partial charge >= 0.3 is 0 Å². The van der Waals surface area contributed by atoms with Gasteiger partial charge in [0.15, 0.2) is 0 Å². The average molecular weight is 240 g/mol. The maximum absolute atomic E-state index is 6.11. The van der Waals surface area contributed by atoms with Crippen LogP contribution in [0.3, 0.4) is 0 Å². The molecule has 0 bridgehead atoms. The molecular weight excluding hydrogens is 220 g/mol. The van der Waals surface area contributed by atoms with Crippen LogP contribution in [-0.2, 0) is 11.2 Å². The molecule has 0 amide bonds. The summed E-state index contributed by atoms with van der Waals surface area (Å²) in [6.45, 7) is 0.939. The van der Waals surface area contributed by atoms with Gasteiger partial charge in [-0.1, -0.05) is 0 Å². The highest BCUT2D eigenvalue weighted by atomic mass is 32.1. The van der Waals surface area contributed by atoms with Gasteiger partial charge < -0.3 is 10.5 Å². The number of thiazole rings is 1. The van der Waals surface area contributed by atoms with Crippen molar-refractivity contribution < 1.29 is 4.74 Å². The van der Waals surface area contributed by atoms with Gasteiger partial charge in [-0.3, -0.25) is 4.98 Å². The Labute approximate surface area is 101 Å². The maximum Gasteiger partial charge on any atom is 0.0794 e. The molecule has 2 unspecified atom stereocenters. The van der Waals surface area contributed by atoms with Crippen LogP contribution in [0.15, 0.2) is 11.7 Å². The van der Waals surface area contributed by atoms with E-state index in [4.69, 9.17) is 10.5 Å². The van der Waals surface area contributed by atoms with Crippen molar-refractivity contribution in [1.82, 2.24) is 4.98 Å². The van der Waals surface area contributed by atoms with Gasteiger partial charge in [-0.05, 0) is 38.5 Å². The van der Waals surface area contributed by atoms with Crippen LogP contribution in [0.2, 0.25) is 0 Å². The highest BCUT2D eigenvalue weighted by Crippen LogP contribution is 2.18. The lowest BCUT2D eigenvalue weighted by Crippen LogP contribution is -2.26. The summed E-state index contributed by atoms with van der Waals surface area (Å²) in [6, 6.07) is 0.256. The molecule has 2 heterocycles. The Morgan fingerprint density at radius 3 is 3.19 bits per heavy atom. The lowest BCUT2D eigenvalue weighted by molar-refractivity contribution is 0.00916. The number of ether oxygens (including phenoxy) is 1. The van der Waals surface area contributed by atoms with Crippen molar-refractivity contribution in [3.05, 3.63) is 16.6 Å². The first-order valence-electron chi connectivity index (χ1n) is 6.09. The standard InChI is InChI=1S/C12H20N2OS/c13-10(7-12-8-14-9-16-12)4-5-11-3-1-2-6-15-11/h8-11H,1-7,13H2. The van der Waals surface area contributed by atoms with Crippen LogP contribution in [0, 0.1) is 0 Å². The Morgan fingerprint density at radius 2 is 2.50 bits per heavy atom. The molecule has 90 valence electrons. The van der Waals surface area contributed by atoms with E-state index in [-0.39, 0.29) is 6.04 Å². The summed E-state index contributed by atoms with van der Waals surface area (Å²) >= 11 is 1.69. The highest BCUT2D eigenvalue weighted by molar-refractivity contribution is 7.09. The van der Waals surface area contributed by atoms with E-state index in [1.807, 2.05) is 11.7 Å². The Bertz CT molecular complexity index is 283. The van der Waals surface area contributed by atoms with Crippen molar-refractivity contribution in [2.45, 2.75) is 50.7 Å². The van der Waals surface area contributed by atoms with Crippen LogP contribution >= 0.6 is 11.3 Å². The molecule has 16 heavy (non-hydrogen) atoms. The smallest absolute Gasteiger partial charge is 0.0794 e. The number of hydrogen-bond donors (Lipinski definition) is 1. The zero-order chi connectivity index (χ0) is 11.2. The Balaban J connectivity index is 1.65. The molecule has 1 aliphatic heterocycles. The third-order valence-corrected chi connectivity index (χ3v) is 3.88. The topological polar surface area (TPSA) is 48.1 Å². The van der Waals surface area contributed by atoms with Crippen LogP contribution in [0.25, 0.3) is 0 Å². The van der Waals surface area contributed by atoms with E-state index in [1.165, 1.54) is 24.1 Å². The molecule has 2 atom stereocenters. The molecular formula is C12H20N2OS. The van der Waals surface area contributed by atoms with E-state index in [9.17, 15) is 0 Å². The number of aromatic nitrogens is 1. The van der Waals surface area contributed by atoms with Crippen LogP contribution < -0.4 is 5.73 Å². The summed E-state index contributed by atoms with van der Waals surface area (Å²) in [7, 11) is 0. The fraction of sp³-hybridized carbons (Fsp3) is 0.750. The van der Waals surface area contributed by atoms with Crippen LogP contribution in [0.1, 0.15) is 37.0 Å². The minimum absolute atomic E-state index is 0.256. The van der Waals surface area contributed by atoms with Gasteiger partial charge in [0.1, 0.15) is 0 Å². The largest absolute Gasteiger partial charge is 0.378 e. The molecule has 1 aromatic heterocycles. The minimum atomic E-state index is 0.256. The summed E-state index contributed by atoms with van der Waals surface area (Å²) in [6.07, 6.45) is 9.26. The predicted octanol–water partition coefficient (Wildman–Crippen LogP) is 2.36. The number of hydrogen-bond acceptors (Lipinski definition) is 4. The number of rotatable bonds is 5. The second-order valence-electron chi connectivity index (χ2n) is 4.50. The monoisotopic (exact) mass is 240 g/mol. The first kappa shape index (κ1) is 12.0. The lowest BCUT2D eigenvalue weighted by Gasteiger charge is -2.23. The normalized spacial score (nSPS) is 23.2. The molecule has 0 aliphatic carbocycles. The van der Waals surface area contributed by atoms with Gasteiger partial charge in [-0.2, -0.15) is 0 Å². The minimum Gasteiger partial charge on any atom is -0.378 e. The van der Waals surface area contributed by atoms with E-state index in [0.717, 1.165) is 25.9 Å². The molecule has 0 radical (unpaired) electrons. The van der Waals surface area contributed by atoms with Gasteiger partial charge in [0.2, 0.25) is 0 Å². The third-order valence-electron chi connectivity index (χ3n) is 3.08. The zero-order valence-electron chi connectivity index (χ0n) is 9.60. The Kier molecular flexibility index (Phi) is 4.75. The van der Waals surface area contributed by atoms with Crippen molar-refractivity contribution in [2.24, 2.45) is 5.73 Å². The van der Waals surface area contributed by atoms with Crippen molar-refractivity contribution in [1.29, 1.82) is 0 Å². The van der Waals surface area contributed by atoms with Gasteiger partial charge in [-0.15, -0.1) is 11.3 Å². The zero-order valence-corrected chi connectivity index (χ0v) is 10.4. The number of nitrogens with two attached hydrogens (primary N) is 1. The highest BCUT2D eigenvalue weighted by Gasteiger charge is 2.15. The van der Waals surface area contributed by atoms with E-state index < -0.39 is 0 Å². The molecule has 1 aliphatic rings. The Hall–Kier alpha value is -0.450. The van der Waals surface area contributed by atoms with Crippen molar-refractivity contribution in [2.75, 3.05) is 6.61 Å². The fourth-order valence-electron chi connectivity index (χ4n) is 2.14. The van der Waals surface area contributed by atoms with Crippen molar-refractivity contribution in [3.63, 3.8) is 0 Å². The predicted molar refractivity (Wildman–Crippen MR) is 66.6 cm³/mol. The molecule has 2 rings (SSSR count). The lowest BCUT2D eigenvalue weighted by atomic mass is 10.0. The Morgan fingerprint density at radius 1 is 1.56 bits per heavy atom. The molecule has 1 aromatic rings. The van der Waals surface area contributed by atoms with Crippen LogP contribution in [0.5, 0.6) is 0 Å². The molecule has 0 saturated carbocycles. The second kappa shape index (κ2) is 6.33. The summed E-state index contributed by atoms with van der Waals surface area (Å²) < 4.78 is 5.70. The van der Waals surface area contributed by atoms with Gasteiger partial charge in [0.05, 0.1) is 11.6 Å². The average Bonchev–Trinajstić information content (AvgIpc) is 2.81. The van der Waals surface area contributed by atoms with Crippen molar-refractivity contribution >= 4 is 11.3 Å². The molecule has 2 N–H and O–H groups in total. The van der Waals surface area contributed by atoms with Gasteiger partial charge in [0, 0.05) is 23.7 Å². The summed E-state index contributed by atoms with van der Waals surface area (Å²) in [5.41, 5.74) is 7.97.